The fraction of sp³-hybridized carbons (Fsp3) is 0.316. The second-order valence-electron chi connectivity index (χ2n) is 5.49. The van der Waals surface area contributed by atoms with Crippen molar-refractivity contribution in [2.45, 2.75) is 26.2 Å². The maximum absolute atomic E-state index is 12.3. The highest BCUT2D eigenvalue weighted by Gasteiger charge is 2.10. The Morgan fingerprint density at radius 3 is 2.54 bits per heavy atom. The zero-order chi connectivity index (χ0) is 17.4. The first-order valence-corrected chi connectivity index (χ1v) is 8.11. The number of nitrogen functional groups attached to an aromatic ring is 1. The number of carbonyl (C=O) groups excluding carboxylic acids is 1. The first-order valence-electron chi connectivity index (χ1n) is 8.11. The zero-order valence-corrected chi connectivity index (χ0v) is 14.2. The van der Waals surface area contributed by atoms with Crippen LogP contribution in [0.2, 0.25) is 0 Å². The molecule has 0 saturated carbocycles. The van der Waals surface area contributed by atoms with E-state index in [4.69, 9.17) is 15.2 Å². The van der Waals surface area contributed by atoms with Crippen molar-refractivity contribution < 1.29 is 14.3 Å². The molecule has 24 heavy (non-hydrogen) atoms. The summed E-state index contributed by atoms with van der Waals surface area (Å²) in [5, 5.41) is 2.82. The number of rotatable bonds is 8. The summed E-state index contributed by atoms with van der Waals surface area (Å²) >= 11 is 0. The van der Waals surface area contributed by atoms with Crippen LogP contribution in [0.4, 0.5) is 11.4 Å². The predicted octanol–water partition coefficient (Wildman–Crippen LogP) is 4.10. The second kappa shape index (κ2) is 8.82. The van der Waals surface area contributed by atoms with Gasteiger partial charge in [0.1, 0.15) is 11.5 Å². The van der Waals surface area contributed by atoms with Gasteiger partial charge in [-0.1, -0.05) is 19.8 Å². The van der Waals surface area contributed by atoms with E-state index in [0.29, 0.717) is 29.3 Å². The fourth-order valence-electron chi connectivity index (χ4n) is 2.25. The Kier molecular flexibility index (Phi) is 6.49. The van der Waals surface area contributed by atoms with Gasteiger partial charge in [0.2, 0.25) is 0 Å². The van der Waals surface area contributed by atoms with Gasteiger partial charge in [-0.15, -0.1) is 0 Å². The zero-order valence-electron chi connectivity index (χ0n) is 14.2. The van der Waals surface area contributed by atoms with E-state index in [2.05, 4.69) is 12.2 Å². The molecule has 0 aliphatic heterocycles. The molecule has 128 valence electrons. The lowest BCUT2D eigenvalue weighted by atomic mass is 10.2. The molecule has 0 bridgehead atoms. The van der Waals surface area contributed by atoms with Gasteiger partial charge in [-0.05, 0) is 42.8 Å². The number of nitrogens with two attached hydrogens (primary N) is 1. The normalized spacial score (nSPS) is 10.2. The summed E-state index contributed by atoms with van der Waals surface area (Å²) < 4.78 is 10.9. The highest BCUT2D eigenvalue weighted by atomic mass is 16.5. The molecule has 2 aromatic rings. The first-order chi connectivity index (χ1) is 11.6. The molecule has 5 heteroatoms. The van der Waals surface area contributed by atoms with Gasteiger partial charge in [0, 0.05) is 17.3 Å². The van der Waals surface area contributed by atoms with Crippen molar-refractivity contribution in [3.63, 3.8) is 0 Å². The van der Waals surface area contributed by atoms with Gasteiger partial charge in [-0.25, -0.2) is 0 Å². The lowest BCUT2D eigenvalue weighted by Crippen LogP contribution is -2.12. The molecule has 2 aromatic carbocycles. The number of nitrogens with one attached hydrogen (secondary N) is 1. The summed E-state index contributed by atoms with van der Waals surface area (Å²) in [6, 6.07) is 12.2. The number of hydrogen-bond donors (Lipinski definition) is 2. The van der Waals surface area contributed by atoms with Gasteiger partial charge in [0.25, 0.3) is 5.91 Å². The van der Waals surface area contributed by atoms with E-state index in [1.165, 1.54) is 7.11 Å². The average Bonchev–Trinajstić information content (AvgIpc) is 2.60. The molecule has 0 heterocycles. The molecule has 1 amide bonds. The summed E-state index contributed by atoms with van der Waals surface area (Å²) in [7, 11) is 1.54. The van der Waals surface area contributed by atoms with Crippen LogP contribution in [0.3, 0.4) is 0 Å². The number of carbonyl (C=O) groups is 1. The van der Waals surface area contributed by atoms with Crippen LogP contribution in [-0.2, 0) is 0 Å². The largest absolute Gasteiger partial charge is 0.494 e. The molecule has 0 saturated heterocycles. The van der Waals surface area contributed by atoms with Crippen molar-refractivity contribution in [3.8, 4) is 11.5 Å². The van der Waals surface area contributed by atoms with Crippen LogP contribution in [0.5, 0.6) is 11.5 Å². The van der Waals surface area contributed by atoms with Crippen molar-refractivity contribution in [1.82, 2.24) is 0 Å². The lowest BCUT2D eigenvalue weighted by Gasteiger charge is -2.11. The molecule has 0 aromatic heterocycles. The maximum atomic E-state index is 12.3. The highest BCUT2D eigenvalue weighted by Crippen LogP contribution is 2.27. The van der Waals surface area contributed by atoms with Gasteiger partial charge < -0.3 is 20.5 Å². The molecule has 3 N–H and O–H groups in total. The van der Waals surface area contributed by atoms with Crippen LogP contribution in [0.15, 0.2) is 42.5 Å². The Bertz CT molecular complexity index is 669. The van der Waals surface area contributed by atoms with Crippen LogP contribution in [0, 0.1) is 0 Å². The van der Waals surface area contributed by atoms with E-state index in [0.717, 1.165) is 25.0 Å². The number of anilines is 2. The highest BCUT2D eigenvalue weighted by molar-refractivity contribution is 6.05. The predicted molar refractivity (Wildman–Crippen MR) is 96.8 cm³/mol. The minimum atomic E-state index is -0.212. The van der Waals surface area contributed by atoms with E-state index in [1.807, 2.05) is 0 Å². The Morgan fingerprint density at radius 1 is 1.12 bits per heavy atom. The Labute approximate surface area is 142 Å². The van der Waals surface area contributed by atoms with E-state index in [-0.39, 0.29) is 5.91 Å². The molecular formula is C19H24N2O3. The molecule has 2 rings (SSSR count). The Morgan fingerprint density at radius 2 is 1.88 bits per heavy atom. The SMILES string of the molecule is CCCCCOc1ccc(C(=O)Nc2ccc(N)cc2OC)cc1. The van der Waals surface area contributed by atoms with Crippen LogP contribution >= 0.6 is 0 Å². The standard InChI is InChI=1S/C19H24N2O3/c1-3-4-5-12-24-16-9-6-14(7-10-16)19(22)21-17-11-8-15(20)13-18(17)23-2/h6-11,13H,3-5,12,20H2,1-2H3,(H,21,22). The third kappa shape index (κ3) is 4.91. The molecule has 0 aliphatic carbocycles. The lowest BCUT2D eigenvalue weighted by molar-refractivity contribution is 0.102. The molecule has 0 aliphatic rings. The van der Waals surface area contributed by atoms with Crippen molar-refractivity contribution in [2.75, 3.05) is 24.8 Å². The van der Waals surface area contributed by atoms with Gasteiger partial charge in [-0.3, -0.25) is 4.79 Å². The third-order valence-electron chi connectivity index (χ3n) is 3.61. The molecule has 0 unspecified atom stereocenters. The van der Waals surface area contributed by atoms with Crippen LogP contribution < -0.4 is 20.5 Å². The summed E-state index contributed by atoms with van der Waals surface area (Å²) in [5.74, 6) is 1.09. The number of ether oxygens (including phenoxy) is 2. The monoisotopic (exact) mass is 328 g/mol. The maximum Gasteiger partial charge on any atom is 0.255 e. The van der Waals surface area contributed by atoms with Crippen molar-refractivity contribution in [3.05, 3.63) is 48.0 Å². The quantitative estimate of drug-likeness (QED) is 0.565. The minimum absolute atomic E-state index is 0.212. The average molecular weight is 328 g/mol. The van der Waals surface area contributed by atoms with Crippen molar-refractivity contribution in [1.29, 1.82) is 0 Å². The van der Waals surface area contributed by atoms with Gasteiger partial charge in [0.15, 0.2) is 0 Å². The van der Waals surface area contributed by atoms with E-state index >= 15 is 0 Å². The minimum Gasteiger partial charge on any atom is -0.494 e. The number of unbranched alkanes of at least 4 members (excludes halogenated alkanes) is 2. The molecule has 0 fully saturated rings. The number of amides is 1. The van der Waals surface area contributed by atoms with Crippen LogP contribution in [-0.4, -0.2) is 19.6 Å². The number of benzene rings is 2. The van der Waals surface area contributed by atoms with Crippen molar-refractivity contribution >= 4 is 17.3 Å². The van der Waals surface area contributed by atoms with E-state index < -0.39 is 0 Å². The first kappa shape index (κ1) is 17.7. The number of hydrogen-bond acceptors (Lipinski definition) is 4. The Balaban J connectivity index is 1.97. The topological polar surface area (TPSA) is 73.6 Å². The van der Waals surface area contributed by atoms with Gasteiger partial charge in [0.05, 0.1) is 19.4 Å². The molecule has 5 nitrogen and oxygen atoms in total. The molecule has 0 atom stereocenters. The van der Waals surface area contributed by atoms with Gasteiger partial charge >= 0.3 is 0 Å². The summed E-state index contributed by atoms with van der Waals surface area (Å²) in [6.45, 7) is 2.85. The summed E-state index contributed by atoms with van der Waals surface area (Å²) in [5.41, 5.74) is 7.42. The van der Waals surface area contributed by atoms with Gasteiger partial charge in [-0.2, -0.15) is 0 Å². The second-order valence-corrected chi connectivity index (χ2v) is 5.49. The molecule has 0 radical (unpaired) electrons. The van der Waals surface area contributed by atoms with E-state index in [9.17, 15) is 4.79 Å². The van der Waals surface area contributed by atoms with E-state index in [1.54, 1.807) is 42.5 Å². The third-order valence-corrected chi connectivity index (χ3v) is 3.61. The van der Waals surface area contributed by atoms with Crippen molar-refractivity contribution in [2.24, 2.45) is 0 Å². The summed E-state index contributed by atoms with van der Waals surface area (Å²) in [4.78, 5) is 12.3. The summed E-state index contributed by atoms with van der Waals surface area (Å²) in [6.07, 6.45) is 3.36. The number of methoxy groups -OCH3 is 1. The smallest absolute Gasteiger partial charge is 0.255 e. The van der Waals surface area contributed by atoms with Crippen LogP contribution in [0.25, 0.3) is 0 Å². The molecular weight excluding hydrogens is 304 g/mol. The Hall–Kier alpha value is -2.69. The fourth-order valence-corrected chi connectivity index (χ4v) is 2.25. The molecule has 0 spiro atoms. The van der Waals surface area contributed by atoms with Crippen LogP contribution in [0.1, 0.15) is 36.5 Å².